The molecule has 18 heavy (non-hydrogen) atoms. The molecule has 0 spiro atoms. The first-order valence-corrected chi connectivity index (χ1v) is 6.18. The van der Waals surface area contributed by atoms with Crippen LogP contribution in [0, 0.1) is 12.7 Å². The first-order chi connectivity index (χ1) is 8.72. The van der Waals surface area contributed by atoms with Crippen molar-refractivity contribution in [2.45, 2.75) is 26.4 Å². The topological polar surface area (TPSA) is 29.9 Å². The fraction of sp³-hybridized carbons (Fsp3) is 0.357. The molecule has 0 saturated carbocycles. The summed E-state index contributed by atoms with van der Waals surface area (Å²) in [6, 6.07) is 8.77. The molecule has 0 saturated heterocycles. The Balaban J connectivity index is 2.24. The number of hydrogen-bond acceptors (Lipinski definition) is 2. The maximum Gasteiger partial charge on any atom is 0.128 e. The van der Waals surface area contributed by atoms with Crippen LogP contribution in [-0.2, 0) is 6.54 Å². The number of aryl methyl sites for hydroxylation is 1. The van der Waals surface area contributed by atoms with Crippen molar-refractivity contribution in [3.63, 3.8) is 0 Å². The van der Waals surface area contributed by atoms with Crippen molar-refractivity contribution in [1.29, 1.82) is 0 Å². The van der Waals surface area contributed by atoms with Gasteiger partial charge in [-0.25, -0.2) is 4.39 Å². The summed E-state index contributed by atoms with van der Waals surface area (Å²) in [4.78, 5) is 0. The number of hydrogen-bond donors (Lipinski definition) is 1. The molecule has 0 radical (unpaired) electrons. The van der Waals surface area contributed by atoms with Crippen molar-refractivity contribution in [2.75, 3.05) is 6.54 Å². The van der Waals surface area contributed by atoms with E-state index in [2.05, 4.69) is 10.4 Å². The number of halogens is 1. The van der Waals surface area contributed by atoms with E-state index in [9.17, 15) is 4.39 Å². The standard InChI is InChI=1S/C14H18FN3/c1-3-16-14(10-18-11(2)8-9-17-18)12-6-4-5-7-13(12)15/h4-9,14,16H,3,10H2,1-2H3. The third-order valence-electron chi connectivity index (χ3n) is 3.02. The van der Waals surface area contributed by atoms with Gasteiger partial charge in [0.25, 0.3) is 0 Å². The van der Waals surface area contributed by atoms with E-state index in [1.807, 2.05) is 36.7 Å². The number of nitrogens with zero attached hydrogens (tertiary/aromatic N) is 2. The lowest BCUT2D eigenvalue weighted by molar-refractivity contribution is 0.427. The Labute approximate surface area is 107 Å². The van der Waals surface area contributed by atoms with Crippen LogP contribution in [0.4, 0.5) is 4.39 Å². The molecule has 2 rings (SSSR count). The fourth-order valence-corrected chi connectivity index (χ4v) is 2.04. The maximum absolute atomic E-state index is 13.8. The lowest BCUT2D eigenvalue weighted by Crippen LogP contribution is -2.27. The van der Waals surface area contributed by atoms with Crippen LogP contribution in [0.1, 0.15) is 24.2 Å². The van der Waals surface area contributed by atoms with Gasteiger partial charge in [-0.05, 0) is 25.6 Å². The van der Waals surface area contributed by atoms with Crippen LogP contribution >= 0.6 is 0 Å². The van der Waals surface area contributed by atoms with Crippen molar-refractivity contribution < 1.29 is 4.39 Å². The normalized spacial score (nSPS) is 12.6. The van der Waals surface area contributed by atoms with Crippen molar-refractivity contribution >= 4 is 0 Å². The molecule has 0 aliphatic heterocycles. The average Bonchev–Trinajstić information content (AvgIpc) is 2.75. The van der Waals surface area contributed by atoms with Gasteiger partial charge in [0, 0.05) is 17.5 Å². The molecule has 0 bridgehead atoms. The molecule has 0 fully saturated rings. The summed E-state index contributed by atoms with van der Waals surface area (Å²) in [5.74, 6) is -0.173. The first-order valence-electron chi connectivity index (χ1n) is 6.18. The van der Waals surface area contributed by atoms with E-state index in [4.69, 9.17) is 0 Å². The van der Waals surface area contributed by atoms with E-state index in [0.29, 0.717) is 12.1 Å². The molecule has 1 aromatic heterocycles. The number of nitrogens with one attached hydrogen (secondary N) is 1. The van der Waals surface area contributed by atoms with E-state index >= 15 is 0 Å². The Morgan fingerprint density at radius 3 is 2.72 bits per heavy atom. The minimum Gasteiger partial charge on any atom is -0.309 e. The van der Waals surface area contributed by atoms with Crippen molar-refractivity contribution in [2.24, 2.45) is 0 Å². The minimum atomic E-state index is -0.173. The number of benzene rings is 1. The summed E-state index contributed by atoms with van der Waals surface area (Å²) >= 11 is 0. The second-order valence-corrected chi connectivity index (χ2v) is 4.29. The molecule has 1 heterocycles. The highest BCUT2D eigenvalue weighted by atomic mass is 19.1. The number of rotatable bonds is 5. The highest BCUT2D eigenvalue weighted by Gasteiger charge is 2.15. The van der Waals surface area contributed by atoms with E-state index in [1.165, 1.54) is 6.07 Å². The predicted molar refractivity (Wildman–Crippen MR) is 69.8 cm³/mol. The van der Waals surface area contributed by atoms with Crippen LogP contribution < -0.4 is 5.32 Å². The molecule has 1 unspecified atom stereocenters. The summed E-state index contributed by atoms with van der Waals surface area (Å²) in [6.45, 7) is 5.44. The van der Waals surface area contributed by atoms with Gasteiger partial charge in [-0.2, -0.15) is 5.10 Å². The van der Waals surface area contributed by atoms with Gasteiger partial charge in [0.2, 0.25) is 0 Å². The Morgan fingerprint density at radius 2 is 2.11 bits per heavy atom. The lowest BCUT2D eigenvalue weighted by Gasteiger charge is -2.19. The molecule has 2 aromatic rings. The molecule has 96 valence electrons. The van der Waals surface area contributed by atoms with Crippen LogP contribution in [0.5, 0.6) is 0 Å². The van der Waals surface area contributed by atoms with Gasteiger partial charge in [-0.1, -0.05) is 25.1 Å². The molecule has 0 amide bonds. The van der Waals surface area contributed by atoms with Crippen LogP contribution in [0.2, 0.25) is 0 Å². The molecular formula is C14H18FN3. The lowest BCUT2D eigenvalue weighted by atomic mass is 10.1. The zero-order valence-electron chi connectivity index (χ0n) is 10.7. The summed E-state index contributed by atoms with van der Waals surface area (Å²) in [5, 5.41) is 7.55. The Morgan fingerprint density at radius 1 is 1.33 bits per heavy atom. The summed E-state index contributed by atoms with van der Waals surface area (Å²) < 4.78 is 15.7. The molecule has 0 aliphatic rings. The second kappa shape index (κ2) is 5.78. The van der Waals surface area contributed by atoms with Gasteiger partial charge in [-0.3, -0.25) is 4.68 Å². The third kappa shape index (κ3) is 2.76. The Bertz CT molecular complexity index is 507. The van der Waals surface area contributed by atoms with Crippen LogP contribution in [0.15, 0.2) is 36.5 Å². The number of aromatic nitrogens is 2. The predicted octanol–water partition coefficient (Wildman–Crippen LogP) is 2.68. The van der Waals surface area contributed by atoms with Gasteiger partial charge in [0.15, 0.2) is 0 Å². The van der Waals surface area contributed by atoms with Crippen molar-refractivity contribution in [3.8, 4) is 0 Å². The summed E-state index contributed by atoms with van der Waals surface area (Å²) in [5.41, 5.74) is 1.77. The molecule has 1 atom stereocenters. The highest BCUT2D eigenvalue weighted by Crippen LogP contribution is 2.19. The Hall–Kier alpha value is -1.68. The smallest absolute Gasteiger partial charge is 0.128 e. The summed E-state index contributed by atoms with van der Waals surface area (Å²) in [6.07, 6.45) is 1.76. The molecule has 1 aromatic carbocycles. The van der Waals surface area contributed by atoms with Gasteiger partial charge in [0.1, 0.15) is 5.82 Å². The summed E-state index contributed by atoms with van der Waals surface area (Å²) in [7, 11) is 0. The van der Waals surface area contributed by atoms with Gasteiger partial charge >= 0.3 is 0 Å². The maximum atomic E-state index is 13.8. The molecule has 4 heteroatoms. The third-order valence-corrected chi connectivity index (χ3v) is 3.02. The van der Waals surface area contributed by atoms with Gasteiger partial charge < -0.3 is 5.32 Å². The van der Waals surface area contributed by atoms with E-state index in [1.54, 1.807) is 12.3 Å². The van der Waals surface area contributed by atoms with Gasteiger partial charge in [-0.15, -0.1) is 0 Å². The van der Waals surface area contributed by atoms with Crippen molar-refractivity contribution in [1.82, 2.24) is 15.1 Å². The fourth-order valence-electron chi connectivity index (χ4n) is 2.04. The largest absolute Gasteiger partial charge is 0.309 e. The molecule has 3 nitrogen and oxygen atoms in total. The average molecular weight is 247 g/mol. The SMILES string of the molecule is CCNC(Cn1nccc1C)c1ccccc1F. The first kappa shape index (κ1) is 12.8. The van der Waals surface area contributed by atoms with E-state index < -0.39 is 0 Å². The molecule has 0 aliphatic carbocycles. The highest BCUT2D eigenvalue weighted by molar-refractivity contribution is 5.21. The van der Waals surface area contributed by atoms with E-state index in [-0.39, 0.29) is 11.9 Å². The quantitative estimate of drug-likeness (QED) is 0.880. The Kier molecular flexibility index (Phi) is 4.10. The zero-order valence-corrected chi connectivity index (χ0v) is 10.7. The molecule has 1 N–H and O–H groups in total. The van der Waals surface area contributed by atoms with Crippen LogP contribution in [-0.4, -0.2) is 16.3 Å². The van der Waals surface area contributed by atoms with Crippen LogP contribution in [0.3, 0.4) is 0 Å². The second-order valence-electron chi connectivity index (χ2n) is 4.29. The zero-order chi connectivity index (χ0) is 13.0. The van der Waals surface area contributed by atoms with E-state index in [0.717, 1.165) is 12.2 Å². The van der Waals surface area contributed by atoms with Crippen molar-refractivity contribution in [3.05, 3.63) is 53.6 Å². The minimum absolute atomic E-state index is 0.0604. The number of likely N-dealkylation sites (N-methyl/N-ethyl adjacent to an activating group) is 1. The van der Waals surface area contributed by atoms with Crippen LogP contribution in [0.25, 0.3) is 0 Å². The monoisotopic (exact) mass is 247 g/mol. The van der Waals surface area contributed by atoms with Gasteiger partial charge in [0.05, 0.1) is 12.6 Å². The molecular weight excluding hydrogens is 229 g/mol.